The molecule has 122 valence electrons. The molecule has 3 rings (SSSR count). The molecule has 1 aromatic heterocycles. The molecule has 0 saturated heterocycles. The number of aromatic nitrogens is 1. The van der Waals surface area contributed by atoms with Crippen molar-refractivity contribution in [1.29, 1.82) is 0 Å². The molecule has 0 spiro atoms. The second-order valence-electron chi connectivity index (χ2n) is 5.61. The van der Waals surface area contributed by atoms with E-state index in [1.165, 1.54) is 6.07 Å². The molecular formula is C18H16N2O4. The normalized spacial score (nSPS) is 12.2. The zero-order valence-corrected chi connectivity index (χ0v) is 13.0. The molecule has 0 radical (unpaired) electrons. The molecule has 6 heteroatoms. The van der Waals surface area contributed by atoms with Crippen LogP contribution in [0.15, 0.2) is 48.5 Å². The molecule has 0 fully saturated rings. The van der Waals surface area contributed by atoms with E-state index < -0.39 is 16.8 Å². The smallest absolute Gasteiger partial charge is 0.310 e. The number of H-pyrrole nitrogens is 1. The molecule has 0 aliphatic carbocycles. The number of nitrogens with zero attached hydrogens (tertiary/aromatic N) is 1. The summed E-state index contributed by atoms with van der Waals surface area (Å²) in [4.78, 5) is 25.4. The van der Waals surface area contributed by atoms with Crippen molar-refractivity contribution in [2.24, 2.45) is 0 Å². The molecule has 1 atom stereocenters. The van der Waals surface area contributed by atoms with Crippen molar-refractivity contribution in [3.05, 3.63) is 64.2 Å². The average molecular weight is 324 g/mol. The van der Waals surface area contributed by atoms with Gasteiger partial charge in [-0.3, -0.25) is 14.9 Å². The van der Waals surface area contributed by atoms with Crippen LogP contribution in [0, 0.1) is 10.1 Å². The monoisotopic (exact) mass is 324 g/mol. The molecule has 0 saturated carbocycles. The van der Waals surface area contributed by atoms with Gasteiger partial charge in [0.15, 0.2) is 0 Å². The van der Waals surface area contributed by atoms with Crippen LogP contribution in [0.2, 0.25) is 0 Å². The van der Waals surface area contributed by atoms with Gasteiger partial charge >= 0.3 is 5.97 Å². The first kappa shape index (κ1) is 15.7. The number of non-ortho nitro benzene ring substituents is 1. The highest BCUT2D eigenvalue weighted by Crippen LogP contribution is 2.34. The van der Waals surface area contributed by atoms with Crippen LogP contribution in [0.3, 0.4) is 0 Å². The largest absolute Gasteiger partial charge is 0.481 e. The van der Waals surface area contributed by atoms with Crippen LogP contribution in [0.25, 0.3) is 22.2 Å². The summed E-state index contributed by atoms with van der Waals surface area (Å²) in [5.41, 5.74) is 2.42. The number of benzene rings is 2. The van der Waals surface area contributed by atoms with Crippen molar-refractivity contribution < 1.29 is 14.8 Å². The minimum Gasteiger partial charge on any atom is -0.481 e. The molecule has 1 unspecified atom stereocenters. The minimum atomic E-state index is -0.982. The highest BCUT2D eigenvalue weighted by molar-refractivity contribution is 5.94. The third-order valence-electron chi connectivity index (χ3n) is 4.12. The number of carboxylic acid groups (broad SMARTS) is 1. The number of hydrogen-bond acceptors (Lipinski definition) is 3. The molecule has 24 heavy (non-hydrogen) atoms. The summed E-state index contributed by atoms with van der Waals surface area (Å²) in [6.45, 7) is 1.75. The highest BCUT2D eigenvalue weighted by Gasteiger charge is 2.23. The fourth-order valence-corrected chi connectivity index (χ4v) is 2.92. The van der Waals surface area contributed by atoms with Crippen LogP contribution in [-0.4, -0.2) is 21.0 Å². The summed E-state index contributed by atoms with van der Waals surface area (Å²) in [6.07, 6.45) is 0.369. The molecule has 2 aromatic carbocycles. The average Bonchev–Trinajstić information content (AvgIpc) is 2.99. The van der Waals surface area contributed by atoms with Gasteiger partial charge in [-0.1, -0.05) is 37.3 Å². The number of fused-ring (bicyclic) bond motifs is 1. The van der Waals surface area contributed by atoms with E-state index in [2.05, 4.69) is 4.98 Å². The fourth-order valence-electron chi connectivity index (χ4n) is 2.92. The molecule has 0 aliphatic heterocycles. The number of aromatic amines is 1. The first-order valence-electron chi connectivity index (χ1n) is 7.60. The van der Waals surface area contributed by atoms with Crippen LogP contribution >= 0.6 is 0 Å². The van der Waals surface area contributed by atoms with Crippen LogP contribution in [0.4, 0.5) is 5.69 Å². The second kappa shape index (κ2) is 6.16. The Hall–Kier alpha value is -3.15. The predicted octanol–water partition coefficient (Wildman–Crippen LogP) is 4.32. The van der Waals surface area contributed by atoms with Crippen LogP contribution < -0.4 is 0 Å². The molecule has 3 aromatic rings. The third-order valence-corrected chi connectivity index (χ3v) is 4.12. The van der Waals surface area contributed by atoms with Gasteiger partial charge in [-0.2, -0.15) is 0 Å². The summed E-state index contributed by atoms with van der Waals surface area (Å²) < 4.78 is 0. The Bertz CT molecular complexity index is 915. The second-order valence-corrected chi connectivity index (χ2v) is 5.61. The zero-order chi connectivity index (χ0) is 17.3. The Morgan fingerprint density at radius 3 is 2.54 bits per heavy atom. The van der Waals surface area contributed by atoms with E-state index in [0.29, 0.717) is 22.9 Å². The number of carbonyl (C=O) groups is 1. The Kier molecular flexibility index (Phi) is 4.04. The van der Waals surface area contributed by atoms with Gasteiger partial charge in [-0.25, -0.2) is 0 Å². The number of nitro groups is 1. The van der Waals surface area contributed by atoms with E-state index >= 15 is 0 Å². The van der Waals surface area contributed by atoms with E-state index in [1.54, 1.807) is 13.0 Å². The van der Waals surface area contributed by atoms with Gasteiger partial charge in [0.1, 0.15) is 5.52 Å². The van der Waals surface area contributed by atoms with E-state index in [9.17, 15) is 20.0 Å². The molecular weight excluding hydrogens is 308 g/mol. The molecule has 6 nitrogen and oxygen atoms in total. The van der Waals surface area contributed by atoms with Crippen molar-refractivity contribution >= 4 is 22.6 Å². The quantitative estimate of drug-likeness (QED) is 0.539. The number of rotatable bonds is 5. The van der Waals surface area contributed by atoms with Gasteiger partial charge in [-0.15, -0.1) is 0 Å². The summed E-state index contributed by atoms with van der Waals surface area (Å²) >= 11 is 0. The SMILES string of the molecule is CCC(C(=O)O)c1cc([N+](=O)[O-])c2[nH]c(-c3ccccc3)cc2c1. The topological polar surface area (TPSA) is 96.2 Å². The Labute approximate surface area is 137 Å². The Balaban J connectivity index is 2.22. The van der Waals surface area contributed by atoms with Gasteiger partial charge in [0, 0.05) is 17.1 Å². The Morgan fingerprint density at radius 1 is 1.25 bits per heavy atom. The number of carboxylic acids is 1. The zero-order valence-electron chi connectivity index (χ0n) is 13.0. The first-order chi connectivity index (χ1) is 11.5. The van der Waals surface area contributed by atoms with Gasteiger partial charge in [0.2, 0.25) is 0 Å². The van der Waals surface area contributed by atoms with Gasteiger partial charge in [0.05, 0.1) is 10.8 Å². The molecule has 0 bridgehead atoms. The summed E-state index contributed by atoms with van der Waals surface area (Å²) in [6, 6.07) is 14.4. The summed E-state index contributed by atoms with van der Waals surface area (Å²) in [5, 5.41) is 21.4. The Morgan fingerprint density at radius 2 is 1.96 bits per heavy atom. The number of hydrogen-bond donors (Lipinski definition) is 2. The predicted molar refractivity (Wildman–Crippen MR) is 91.1 cm³/mol. The lowest BCUT2D eigenvalue weighted by Gasteiger charge is -2.10. The number of aliphatic carboxylic acids is 1. The van der Waals surface area contributed by atoms with Crippen molar-refractivity contribution in [1.82, 2.24) is 4.98 Å². The van der Waals surface area contributed by atoms with Gasteiger partial charge in [0.25, 0.3) is 5.69 Å². The summed E-state index contributed by atoms with van der Waals surface area (Å²) in [7, 11) is 0. The number of nitrogens with one attached hydrogen (secondary N) is 1. The first-order valence-corrected chi connectivity index (χ1v) is 7.60. The van der Waals surface area contributed by atoms with E-state index in [4.69, 9.17) is 0 Å². The van der Waals surface area contributed by atoms with Crippen molar-refractivity contribution in [2.45, 2.75) is 19.3 Å². The fraction of sp³-hybridized carbons (Fsp3) is 0.167. The third kappa shape index (κ3) is 2.74. The van der Waals surface area contributed by atoms with Gasteiger partial charge in [-0.05, 0) is 29.7 Å². The lowest BCUT2D eigenvalue weighted by molar-refractivity contribution is -0.383. The lowest BCUT2D eigenvalue weighted by Crippen LogP contribution is -2.10. The maximum Gasteiger partial charge on any atom is 0.310 e. The van der Waals surface area contributed by atoms with Gasteiger partial charge < -0.3 is 10.1 Å². The maximum atomic E-state index is 11.4. The standard InChI is InChI=1S/C18H16N2O4/c1-2-14(18(21)22)12-8-13-9-15(11-6-4-3-5-7-11)19-17(13)16(10-12)20(23)24/h3-10,14,19H,2H2,1H3,(H,21,22). The van der Waals surface area contributed by atoms with E-state index in [0.717, 1.165) is 11.3 Å². The van der Waals surface area contributed by atoms with E-state index in [-0.39, 0.29) is 5.69 Å². The van der Waals surface area contributed by atoms with Crippen LogP contribution in [0.1, 0.15) is 24.8 Å². The molecule has 2 N–H and O–H groups in total. The lowest BCUT2D eigenvalue weighted by atomic mass is 9.95. The van der Waals surface area contributed by atoms with Crippen molar-refractivity contribution in [2.75, 3.05) is 0 Å². The summed E-state index contributed by atoms with van der Waals surface area (Å²) in [5.74, 6) is -1.74. The maximum absolute atomic E-state index is 11.4. The molecule has 0 amide bonds. The number of nitro benzene ring substituents is 1. The van der Waals surface area contributed by atoms with Crippen LogP contribution in [-0.2, 0) is 4.79 Å². The van der Waals surface area contributed by atoms with E-state index in [1.807, 2.05) is 36.4 Å². The van der Waals surface area contributed by atoms with Crippen molar-refractivity contribution in [3.63, 3.8) is 0 Å². The minimum absolute atomic E-state index is 0.107. The highest BCUT2D eigenvalue weighted by atomic mass is 16.6. The van der Waals surface area contributed by atoms with Crippen LogP contribution in [0.5, 0.6) is 0 Å². The van der Waals surface area contributed by atoms with Crippen molar-refractivity contribution in [3.8, 4) is 11.3 Å². The molecule has 1 heterocycles. The molecule has 0 aliphatic rings.